The van der Waals surface area contributed by atoms with Gasteiger partial charge >= 0.3 is 0 Å². The molecule has 0 fully saturated rings. The van der Waals surface area contributed by atoms with Gasteiger partial charge in [-0.15, -0.1) is 0 Å². The Labute approximate surface area is 491 Å². The topological polar surface area (TPSA) is 44.6 Å². The number of hydrogen-bond donors (Lipinski definition) is 0. The number of fused-ring (bicyclic) bond motifs is 23. The van der Waals surface area contributed by atoms with Crippen LogP contribution in [0.4, 0.5) is 68.2 Å². The van der Waals surface area contributed by atoms with E-state index >= 15 is 0 Å². The third-order valence-corrected chi connectivity index (χ3v) is 20.2. The third-order valence-electron chi connectivity index (χ3n) is 20.2. The van der Waals surface area contributed by atoms with Crippen molar-refractivity contribution >= 4 is 183 Å². The van der Waals surface area contributed by atoms with E-state index < -0.39 is 0 Å². The molecule has 0 unspecified atom stereocenters. The summed E-state index contributed by atoms with van der Waals surface area (Å²) in [6.45, 7) is 4.31. The van der Waals surface area contributed by atoms with Crippen LogP contribution in [0.25, 0.3) is 21.9 Å². The first-order valence-corrected chi connectivity index (χ1v) is 29.7. The number of anilines is 12. The smallest absolute Gasteiger partial charge is 0.256 e. The SMILES string of the molecule is Cc1c2c3c4c5c1N(c1ccccc1)c1cc6oc7cc8c(cc7c6cc1B5c1ccccc1N4c1ccccc1B3c1ccccc1O2)B1c2ccccc2N2c3ccccc3B3c4ccccc4Oc4c(C)c(c1c2c43)N8c1ccccc1. The molecule has 7 nitrogen and oxygen atoms in total. The highest BCUT2D eigenvalue weighted by Crippen LogP contribution is 2.54. The highest BCUT2D eigenvalue weighted by molar-refractivity contribution is 7.06. The van der Waals surface area contributed by atoms with E-state index in [9.17, 15) is 0 Å². The van der Waals surface area contributed by atoms with Crippen LogP contribution in [-0.4, -0.2) is 26.9 Å². The summed E-state index contributed by atoms with van der Waals surface area (Å²) < 4.78 is 22.0. The average molecular weight is 1080 g/mol. The molecule has 0 amide bonds. The second kappa shape index (κ2) is 15.8. The molecule has 9 heterocycles. The molecule has 0 aliphatic carbocycles. The number of nitrogens with zero attached hydrogens (tertiary/aromatic N) is 4. The van der Waals surface area contributed by atoms with Gasteiger partial charge in [0.05, 0.1) is 11.4 Å². The number of benzene rings is 12. The van der Waals surface area contributed by atoms with Crippen LogP contribution in [0.5, 0.6) is 23.0 Å². The van der Waals surface area contributed by atoms with E-state index in [0.717, 1.165) is 90.2 Å². The molecule has 0 N–H and O–H groups in total. The monoisotopic (exact) mass is 1080 g/mol. The molecule has 0 saturated carbocycles. The van der Waals surface area contributed by atoms with Gasteiger partial charge in [0.25, 0.3) is 26.9 Å². The predicted octanol–water partition coefficient (Wildman–Crippen LogP) is 10.2. The Balaban J connectivity index is 0.861. The van der Waals surface area contributed by atoms with Crippen molar-refractivity contribution in [3.8, 4) is 23.0 Å². The zero-order valence-electron chi connectivity index (χ0n) is 46.3. The minimum atomic E-state index is -0.117. The van der Waals surface area contributed by atoms with Crippen molar-refractivity contribution in [1.29, 1.82) is 0 Å². The Hall–Kier alpha value is -10.5. The molecule has 0 saturated heterocycles. The predicted molar refractivity (Wildman–Crippen MR) is 354 cm³/mol. The second-order valence-electron chi connectivity index (χ2n) is 24.1. The Morgan fingerprint density at radius 2 is 0.612 bits per heavy atom. The maximum atomic E-state index is 7.44. The quantitative estimate of drug-likeness (QED) is 0.160. The first-order chi connectivity index (χ1) is 42.1. The van der Waals surface area contributed by atoms with Gasteiger partial charge < -0.3 is 33.5 Å². The maximum Gasteiger partial charge on any atom is 0.256 e. The lowest BCUT2D eigenvalue weighted by molar-refractivity contribution is 0.484. The first kappa shape index (κ1) is 45.1. The molecule has 0 spiro atoms. The van der Waals surface area contributed by atoms with Crippen molar-refractivity contribution in [3.63, 3.8) is 0 Å². The molecule has 0 bridgehead atoms. The van der Waals surface area contributed by atoms with Crippen molar-refractivity contribution in [3.05, 3.63) is 242 Å². The van der Waals surface area contributed by atoms with Crippen molar-refractivity contribution in [1.82, 2.24) is 0 Å². The maximum absolute atomic E-state index is 7.44. The molecule has 21 rings (SSSR count). The summed E-state index contributed by atoms with van der Waals surface area (Å²) in [5, 5.41) is 2.20. The highest BCUT2D eigenvalue weighted by atomic mass is 16.5. The fourth-order valence-corrected chi connectivity index (χ4v) is 17.1. The van der Waals surface area contributed by atoms with Crippen LogP contribution in [0, 0.1) is 13.8 Å². The van der Waals surface area contributed by atoms with Crippen molar-refractivity contribution in [2.24, 2.45) is 0 Å². The van der Waals surface area contributed by atoms with Crippen LogP contribution in [0.15, 0.2) is 235 Å². The summed E-state index contributed by atoms with van der Waals surface area (Å²) in [5.41, 5.74) is 32.9. The first-order valence-electron chi connectivity index (χ1n) is 29.7. The van der Waals surface area contributed by atoms with Gasteiger partial charge in [0.2, 0.25) is 0 Å². The Morgan fingerprint density at radius 3 is 1.00 bits per heavy atom. The fourth-order valence-electron chi connectivity index (χ4n) is 17.1. The molecule has 1 aromatic heterocycles. The summed E-state index contributed by atoms with van der Waals surface area (Å²) in [6, 6.07) is 85.3. The van der Waals surface area contributed by atoms with E-state index in [1.807, 2.05) is 0 Å². The largest absolute Gasteiger partial charge is 0.458 e. The Morgan fingerprint density at radius 1 is 0.282 bits per heavy atom. The Bertz CT molecular complexity index is 4940. The molecule has 0 radical (unpaired) electrons. The number of rotatable bonds is 2. The minimum Gasteiger partial charge on any atom is -0.458 e. The molecule has 8 aliphatic heterocycles. The van der Waals surface area contributed by atoms with Gasteiger partial charge in [-0.2, -0.15) is 0 Å². The van der Waals surface area contributed by atoms with Gasteiger partial charge in [0.15, 0.2) is 0 Å². The molecule has 390 valence electrons. The summed E-state index contributed by atoms with van der Waals surface area (Å²) in [7, 11) is 0. The van der Waals surface area contributed by atoms with Crippen molar-refractivity contribution in [2.75, 3.05) is 19.6 Å². The number of furan rings is 1. The van der Waals surface area contributed by atoms with Gasteiger partial charge in [-0.3, -0.25) is 0 Å². The molecule has 13 aromatic rings. The summed E-state index contributed by atoms with van der Waals surface area (Å²) in [4.78, 5) is 10.2. The van der Waals surface area contributed by atoms with Crippen LogP contribution in [-0.2, 0) is 0 Å². The Kier molecular flexibility index (Phi) is 8.36. The lowest BCUT2D eigenvalue weighted by atomic mass is 9.29. The van der Waals surface area contributed by atoms with Gasteiger partial charge in [-0.05, 0) is 140 Å². The molecule has 8 aliphatic rings. The average Bonchev–Trinajstić information content (AvgIpc) is 1.19. The molecule has 11 heteroatoms. The summed E-state index contributed by atoms with van der Waals surface area (Å²) >= 11 is 0. The van der Waals surface area contributed by atoms with Gasteiger partial charge in [-0.1, -0.05) is 158 Å². The van der Waals surface area contributed by atoms with Crippen LogP contribution < -0.4 is 94.6 Å². The summed E-state index contributed by atoms with van der Waals surface area (Å²) in [6.07, 6.45) is 0. The summed E-state index contributed by atoms with van der Waals surface area (Å²) in [5.74, 6) is 3.69. The van der Waals surface area contributed by atoms with Crippen molar-refractivity contribution < 1.29 is 13.9 Å². The minimum absolute atomic E-state index is 0.0132. The third kappa shape index (κ3) is 5.41. The normalized spacial score (nSPS) is 14.7. The lowest BCUT2D eigenvalue weighted by Crippen LogP contribution is -2.68. The van der Waals surface area contributed by atoms with E-state index in [-0.39, 0.29) is 26.9 Å². The van der Waals surface area contributed by atoms with E-state index in [1.54, 1.807) is 0 Å². The highest BCUT2D eigenvalue weighted by Gasteiger charge is 2.55. The fraction of sp³-hybridized carbons (Fsp3) is 0.0270. The van der Waals surface area contributed by atoms with E-state index in [0.29, 0.717) is 0 Å². The molecule has 85 heavy (non-hydrogen) atoms. The van der Waals surface area contributed by atoms with Crippen molar-refractivity contribution in [2.45, 2.75) is 13.8 Å². The molecular weight excluding hydrogens is 1040 g/mol. The number of hydrogen-bond acceptors (Lipinski definition) is 7. The van der Waals surface area contributed by atoms with Crippen LogP contribution >= 0.6 is 0 Å². The number of para-hydroxylation sites is 8. The van der Waals surface area contributed by atoms with E-state index in [1.165, 1.54) is 99.7 Å². The van der Waals surface area contributed by atoms with Gasteiger partial charge in [0, 0.05) is 90.9 Å². The van der Waals surface area contributed by atoms with E-state index in [4.69, 9.17) is 13.9 Å². The van der Waals surface area contributed by atoms with Gasteiger partial charge in [-0.25, -0.2) is 0 Å². The molecule has 0 atom stereocenters. The number of ether oxygens (including phenoxy) is 2. The second-order valence-corrected chi connectivity index (χ2v) is 24.1. The molecular formula is C74H44B4N4O3. The molecule has 12 aromatic carbocycles. The zero-order chi connectivity index (χ0) is 55.2. The standard InChI is InChI=1S/C74H44B4N4O3/c1-41-69-65-71-67-73(41)84-61-35-19-13-29-51(61)75(67)47-25-9-15-31-55(47)81(71)57-33-17-11-27-49(57)77(65)53-37-45-46-38-54-60(40-64(46)83-63(45)39-59(53)79(69)43-21-5-3-6-22-43)80(44-23-7-4-8-24-44)70-42(2)74-68-72-66(70)78(54)50-28-12-18-34-58(50)82(72)56-32-16-10-26-48(56)76(68)52-30-14-20-36-62(52)85-74/h3-40H,1-2H3. The zero-order valence-corrected chi connectivity index (χ0v) is 46.3. The van der Waals surface area contributed by atoms with Gasteiger partial charge in [0.1, 0.15) is 34.2 Å². The van der Waals surface area contributed by atoms with E-state index in [2.05, 4.69) is 264 Å². The van der Waals surface area contributed by atoms with Crippen LogP contribution in [0.3, 0.4) is 0 Å². The lowest BCUT2D eigenvalue weighted by Gasteiger charge is -2.50. The van der Waals surface area contributed by atoms with Crippen LogP contribution in [0.1, 0.15) is 11.1 Å². The van der Waals surface area contributed by atoms with Crippen LogP contribution in [0.2, 0.25) is 0 Å².